The summed E-state index contributed by atoms with van der Waals surface area (Å²) in [5.74, 6) is -3.40. The van der Waals surface area contributed by atoms with E-state index >= 15 is 0 Å². The molecule has 0 radical (unpaired) electrons. The van der Waals surface area contributed by atoms with Crippen molar-refractivity contribution >= 4 is 23.4 Å². The molecule has 7 nitrogen and oxygen atoms in total. The summed E-state index contributed by atoms with van der Waals surface area (Å²) in [4.78, 5) is 41.0. The van der Waals surface area contributed by atoms with E-state index in [9.17, 15) is 23.2 Å². The Morgan fingerprint density at radius 2 is 1.65 bits per heavy atom. The second kappa shape index (κ2) is 9.89. The topological polar surface area (TPSA) is 90.5 Å². The van der Waals surface area contributed by atoms with Crippen LogP contribution < -0.4 is 16.0 Å². The first-order valence-corrected chi connectivity index (χ1v) is 11.1. The average molecular weight is 473 g/mol. The van der Waals surface area contributed by atoms with Crippen molar-refractivity contribution < 1.29 is 23.2 Å². The minimum absolute atomic E-state index is 0.122. The molecule has 3 rings (SSSR count). The summed E-state index contributed by atoms with van der Waals surface area (Å²) >= 11 is 0. The number of carbonyl (C=O) groups excluding carboxylic acids is 3. The maximum atomic E-state index is 14.2. The molecule has 0 unspecified atom stereocenters. The summed E-state index contributed by atoms with van der Waals surface area (Å²) in [6, 6.07) is 7.71. The molecule has 1 heterocycles. The number of benzene rings is 2. The van der Waals surface area contributed by atoms with Crippen LogP contribution in [0.25, 0.3) is 0 Å². The fourth-order valence-electron chi connectivity index (χ4n) is 3.90. The summed E-state index contributed by atoms with van der Waals surface area (Å²) in [6.07, 6.45) is 0. The zero-order valence-electron chi connectivity index (χ0n) is 19.9. The number of hydrogen-bond acceptors (Lipinski definition) is 4. The van der Waals surface area contributed by atoms with Crippen molar-refractivity contribution in [2.75, 3.05) is 12.4 Å². The quantitative estimate of drug-likeness (QED) is 0.603. The number of rotatable bonds is 6. The van der Waals surface area contributed by atoms with Crippen LogP contribution in [-0.2, 0) is 20.9 Å². The highest BCUT2D eigenvalue weighted by Crippen LogP contribution is 2.37. The number of halogens is 2. The van der Waals surface area contributed by atoms with Crippen molar-refractivity contribution in [2.45, 2.75) is 52.4 Å². The number of nitrogens with zero attached hydrogens (tertiary/aromatic N) is 1. The number of para-hydroxylation sites is 1. The lowest BCUT2D eigenvalue weighted by Gasteiger charge is -2.36. The molecule has 0 saturated heterocycles. The molecular weight excluding hydrogens is 442 g/mol. The van der Waals surface area contributed by atoms with Crippen molar-refractivity contribution in [1.82, 2.24) is 15.5 Å². The van der Waals surface area contributed by atoms with Crippen LogP contribution in [0.3, 0.4) is 0 Å². The lowest BCUT2D eigenvalue weighted by Crippen LogP contribution is -2.57. The number of anilines is 1. The van der Waals surface area contributed by atoms with E-state index in [0.29, 0.717) is 5.56 Å². The van der Waals surface area contributed by atoms with E-state index in [-0.39, 0.29) is 12.5 Å². The highest BCUT2D eigenvalue weighted by molar-refractivity contribution is 6.00. The number of amides is 3. The molecule has 182 valence electrons. The molecule has 0 fully saturated rings. The summed E-state index contributed by atoms with van der Waals surface area (Å²) in [7, 11) is 1.64. The zero-order valence-corrected chi connectivity index (χ0v) is 19.9. The first-order chi connectivity index (χ1) is 16.0. The molecular formula is C25H30F2N4O3. The Bertz CT molecular complexity index is 1080. The van der Waals surface area contributed by atoms with Gasteiger partial charge in [0.2, 0.25) is 11.8 Å². The van der Waals surface area contributed by atoms with E-state index in [2.05, 4.69) is 16.0 Å². The lowest BCUT2D eigenvalue weighted by molar-refractivity contribution is -0.144. The minimum atomic E-state index is -1.12. The van der Waals surface area contributed by atoms with Gasteiger partial charge in [0.1, 0.15) is 29.4 Å². The first-order valence-electron chi connectivity index (χ1n) is 11.1. The Balaban J connectivity index is 1.97. The Kier molecular flexibility index (Phi) is 7.35. The van der Waals surface area contributed by atoms with Crippen LogP contribution in [-0.4, -0.2) is 41.8 Å². The smallest absolute Gasteiger partial charge is 0.252 e. The van der Waals surface area contributed by atoms with Crippen LogP contribution in [0.4, 0.5) is 14.5 Å². The first kappa shape index (κ1) is 25.3. The molecule has 1 aliphatic rings. The summed E-state index contributed by atoms with van der Waals surface area (Å²) in [5.41, 5.74) is 0.0567. The van der Waals surface area contributed by atoms with Gasteiger partial charge >= 0.3 is 0 Å². The lowest BCUT2D eigenvalue weighted by atomic mass is 9.85. The highest BCUT2D eigenvalue weighted by Gasteiger charge is 2.44. The monoisotopic (exact) mass is 472 g/mol. The minimum Gasteiger partial charge on any atom is -0.342 e. The largest absolute Gasteiger partial charge is 0.342 e. The Labute approximate surface area is 197 Å². The van der Waals surface area contributed by atoms with Gasteiger partial charge in [-0.3, -0.25) is 14.4 Å². The fourth-order valence-corrected chi connectivity index (χ4v) is 3.90. The van der Waals surface area contributed by atoms with Gasteiger partial charge in [0.05, 0.1) is 6.04 Å². The van der Waals surface area contributed by atoms with Crippen LogP contribution in [0.2, 0.25) is 0 Å². The molecule has 0 bridgehead atoms. The normalized spacial score (nSPS) is 17.0. The van der Waals surface area contributed by atoms with E-state index in [1.54, 1.807) is 38.2 Å². The van der Waals surface area contributed by atoms with Crippen molar-refractivity contribution in [3.63, 3.8) is 0 Å². The second-order valence-corrected chi connectivity index (χ2v) is 9.47. The molecule has 34 heavy (non-hydrogen) atoms. The Morgan fingerprint density at radius 1 is 1.03 bits per heavy atom. The molecule has 3 amide bonds. The molecule has 9 heteroatoms. The molecule has 3 N–H and O–H groups in total. The number of carbonyl (C=O) groups is 3. The zero-order chi connectivity index (χ0) is 25.2. The van der Waals surface area contributed by atoms with Crippen LogP contribution >= 0.6 is 0 Å². The molecule has 0 spiro atoms. The maximum Gasteiger partial charge on any atom is 0.252 e. The van der Waals surface area contributed by atoms with Gasteiger partial charge in [-0.2, -0.15) is 0 Å². The van der Waals surface area contributed by atoms with Crippen LogP contribution in [0.1, 0.15) is 44.9 Å². The predicted octanol–water partition coefficient (Wildman–Crippen LogP) is 3.13. The second-order valence-electron chi connectivity index (χ2n) is 9.47. The molecule has 2 aromatic rings. The van der Waals surface area contributed by atoms with Gasteiger partial charge in [0, 0.05) is 6.54 Å². The van der Waals surface area contributed by atoms with E-state index in [4.69, 9.17) is 0 Å². The maximum absolute atomic E-state index is 14.2. The third-order valence-corrected chi connectivity index (χ3v) is 5.97. The van der Waals surface area contributed by atoms with Crippen molar-refractivity contribution in [3.05, 3.63) is 65.2 Å². The van der Waals surface area contributed by atoms with Gasteiger partial charge in [-0.1, -0.05) is 51.1 Å². The van der Waals surface area contributed by atoms with Crippen LogP contribution in [0.5, 0.6) is 0 Å². The summed E-state index contributed by atoms with van der Waals surface area (Å²) < 4.78 is 28.4. The number of nitrogens with one attached hydrogen (secondary N) is 3. The standard InChI is InChI=1S/C25H30F2N4O3/c1-14(28-5)22(32)30-21(25(2,3)4)24(34)31-13-15-9-6-7-10-16(15)20(31)23(33)29-19-17(26)11-8-12-18(19)27/h6-12,14,20-21,28H,13H2,1-5H3,(H,29,33)(H,30,32)/t14-,20-,21+/m0/s1. The van der Waals surface area contributed by atoms with Gasteiger partial charge in [-0.15, -0.1) is 0 Å². The molecule has 0 saturated carbocycles. The third-order valence-electron chi connectivity index (χ3n) is 5.97. The third kappa shape index (κ3) is 5.09. The summed E-state index contributed by atoms with van der Waals surface area (Å²) in [5, 5.41) is 7.94. The van der Waals surface area contributed by atoms with E-state index in [1.807, 2.05) is 20.8 Å². The van der Waals surface area contributed by atoms with Crippen LogP contribution in [0.15, 0.2) is 42.5 Å². The van der Waals surface area contributed by atoms with E-state index in [1.165, 1.54) is 11.0 Å². The fraction of sp³-hybridized carbons (Fsp3) is 0.400. The van der Waals surface area contributed by atoms with Gasteiger partial charge in [0.15, 0.2) is 0 Å². The van der Waals surface area contributed by atoms with Gasteiger partial charge < -0.3 is 20.9 Å². The Hall–Kier alpha value is -3.33. The number of likely N-dealkylation sites (N-methyl/N-ethyl adjacent to an activating group) is 1. The van der Waals surface area contributed by atoms with Gasteiger partial charge in [0.25, 0.3) is 5.91 Å². The highest BCUT2D eigenvalue weighted by atomic mass is 19.1. The molecule has 0 aliphatic carbocycles. The van der Waals surface area contributed by atoms with Gasteiger partial charge in [-0.25, -0.2) is 8.78 Å². The Morgan fingerprint density at radius 3 is 2.24 bits per heavy atom. The molecule has 2 aromatic carbocycles. The van der Waals surface area contributed by atoms with E-state index < -0.39 is 52.7 Å². The average Bonchev–Trinajstić information content (AvgIpc) is 3.17. The van der Waals surface area contributed by atoms with Crippen molar-refractivity contribution in [1.29, 1.82) is 0 Å². The molecule has 1 aliphatic heterocycles. The van der Waals surface area contributed by atoms with Crippen molar-refractivity contribution in [2.24, 2.45) is 5.41 Å². The summed E-state index contributed by atoms with van der Waals surface area (Å²) in [6.45, 7) is 7.23. The van der Waals surface area contributed by atoms with E-state index in [0.717, 1.165) is 17.7 Å². The predicted molar refractivity (Wildman–Crippen MR) is 125 cm³/mol. The van der Waals surface area contributed by atoms with Crippen molar-refractivity contribution in [3.8, 4) is 0 Å². The number of fused-ring (bicyclic) bond motifs is 1. The molecule has 3 atom stereocenters. The van der Waals surface area contributed by atoms with Gasteiger partial charge in [-0.05, 0) is 42.6 Å². The molecule has 0 aromatic heterocycles. The SMILES string of the molecule is CN[C@@H](C)C(=O)N[C@H](C(=O)N1Cc2ccccc2[C@H]1C(=O)Nc1c(F)cccc1F)C(C)(C)C. The van der Waals surface area contributed by atoms with Crippen LogP contribution in [0, 0.1) is 17.0 Å². The number of hydrogen-bond donors (Lipinski definition) is 3.